The molecule has 114 valence electrons. The van der Waals surface area contributed by atoms with Crippen molar-refractivity contribution in [3.8, 4) is 23.3 Å². The van der Waals surface area contributed by atoms with Gasteiger partial charge in [0.2, 0.25) is 12.7 Å². The summed E-state index contributed by atoms with van der Waals surface area (Å²) in [6.45, 7) is 0.132. The molecular formula is C17H11FN2O3. The van der Waals surface area contributed by atoms with E-state index in [0.717, 1.165) is 11.1 Å². The van der Waals surface area contributed by atoms with E-state index in [2.05, 4.69) is 6.07 Å². The average molecular weight is 310 g/mol. The van der Waals surface area contributed by atoms with Crippen molar-refractivity contribution in [3.63, 3.8) is 0 Å². The first-order chi connectivity index (χ1) is 11.2. The number of hydrogen-bond donors (Lipinski definition) is 1. The largest absolute Gasteiger partial charge is 0.454 e. The molecule has 2 aliphatic heterocycles. The predicted molar refractivity (Wildman–Crippen MR) is 78.3 cm³/mol. The lowest BCUT2D eigenvalue weighted by molar-refractivity contribution is 0.174. The van der Waals surface area contributed by atoms with Gasteiger partial charge in [-0.2, -0.15) is 5.26 Å². The summed E-state index contributed by atoms with van der Waals surface area (Å²) < 4.78 is 29.5. The van der Waals surface area contributed by atoms with Gasteiger partial charge >= 0.3 is 0 Å². The molecule has 0 aliphatic carbocycles. The first-order valence-corrected chi connectivity index (χ1v) is 6.94. The van der Waals surface area contributed by atoms with Crippen LogP contribution in [0.15, 0.2) is 47.9 Å². The standard InChI is InChI=1S/C17H11FN2O3/c18-10-3-1-9(2-4-10)16-11-5-14-15(22-8-21-14)6-13(11)23-17(20)12(16)7-19/h1-6,16H,8,20H2. The van der Waals surface area contributed by atoms with Gasteiger partial charge in [0.15, 0.2) is 11.5 Å². The highest BCUT2D eigenvalue weighted by molar-refractivity contribution is 5.61. The molecule has 0 spiro atoms. The zero-order chi connectivity index (χ0) is 16.0. The molecule has 0 radical (unpaired) electrons. The van der Waals surface area contributed by atoms with Gasteiger partial charge in [-0.15, -0.1) is 0 Å². The van der Waals surface area contributed by atoms with Crippen LogP contribution in [0.4, 0.5) is 4.39 Å². The molecular weight excluding hydrogens is 299 g/mol. The van der Waals surface area contributed by atoms with Crippen LogP contribution < -0.4 is 19.9 Å². The van der Waals surface area contributed by atoms with Crippen LogP contribution in [0.3, 0.4) is 0 Å². The fourth-order valence-electron chi connectivity index (χ4n) is 2.85. The van der Waals surface area contributed by atoms with E-state index in [4.69, 9.17) is 19.9 Å². The summed E-state index contributed by atoms with van der Waals surface area (Å²) in [6, 6.07) is 11.5. The van der Waals surface area contributed by atoms with Crippen LogP contribution in [0.5, 0.6) is 17.2 Å². The van der Waals surface area contributed by atoms with Crippen molar-refractivity contribution in [2.24, 2.45) is 5.73 Å². The average Bonchev–Trinajstić information content (AvgIpc) is 3.00. The second-order valence-corrected chi connectivity index (χ2v) is 5.22. The monoisotopic (exact) mass is 310 g/mol. The molecule has 5 nitrogen and oxygen atoms in total. The number of ether oxygens (including phenoxy) is 3. The quantitative estimate of drug-likeness (QED) is 0.876. The van der Waals surface area contributed by atoms with Crippen molar-refractivity contribution in [2.75, 3.05) is 6.79 Å². The van der Waals surface area contributed by atoms with Crippen molar-refractivity contribution in [1.29, 1.82) is 5.26 Å². The van der Waals surface area contributed by atoms with Gasteiger partial charge in [0.25, 0.3) is 0 Å². The number of nitriles is 1. The number of benzene rings is 2. The van der Waals surface area contributed by atoms with E-state index in [1.807, 2.05) is 0 Å². The van der Waals surface area contributed by atoms with Crippen molar-refractivity contribution in [2.45, 2.75) is 5.92 Å². The predicted octanol–water partition coefficient (Wildman–Crippen LogP) is 2.77. The first kappa shape index (κ1) is 13.5. The fraction of sp³-hybridized carbons (Fsp3) is 0.118. The number of rotatable bonds is 1. The van der Waals surface area contributed by atoms with Gasteiger partial charge in [-0.3, -0.25) is 0 Å². The lowest BCUT2D eigenvalue weighted by Crippen LogP contribution is -2.21. The second-order valence-electron chi connectivity index (χ2n) is 5.22. The zero-order valence-corrected chi connectivity index (χ0v) is 11.9. The van der Waals surface area contributed by atoms with Gasteiger partial charge in [0, 0.05) is 11.6 Å². The molecule has 2 heterocycles. The molecule has 2 N–H and O–H groups in total. The van der Waals surface area contributed by atoms with Crippen LogP contribution in [-0.2, 0) is 0 Å². The van der Waals surface area contributed by atoms with Gasteiger partial charge in [-0.1, -0.05) is 12.1 Å². The van der Waals surface area contributed by atoms with E-state index < -0.39 is 5.92 Å². The third-order valence-corrected chi connectivity index (χ3v) is 3.91. The first-order valence-electron chi connectivity index (χ1n) is 6.94. The Hall–Kier alpha value is -3.20. The Kier molecular flexibility index (Phi) is 2.88. The van der Waals surface area contributed by atoms with Crippen LogP contribution in [-0.4, -0.2) is 6.79 Å². The molecule has 2 aromatic rings. The summed E-state index contributed by atoms with van der Waals surface area (Å²) in [5.41, 5.74) is 7.65. The van der Waals surface area contributed by atoms with Crippen molar-refractivity contribution in [1.82, 2.24) is 0 Å². The molecule has 0 saturated heterocycles. The third-order valence-electron chi connectivity index (χ3n) is 3.91. The van der Waals surface area contributed by atoms with Crippen LogP contribution in [0.1, 0.15) is 17.0 Å². The van der Waals surface area contributed by atoms with Crippen LogP contribution in [0.25, 0.3) is 0 Å². The number of nitrogens with zero attached hydrogens (tertiary/aromatic N) is 1. The summed E-state index contributed by atoms with van der Waals surface area (Å²) in [7, 11) is 0. The molecule has 23 heavy (non-hydrogen) atoms. The summed E-state index contributed by atoms with van der Waals surface area (Å²) in [5, 5.41) is 9.47. The maximum absolute atomic E-state index is 13.2. The molecule has 1 atom stereocenters. The second kappa shape index (κ2) is 4.92. The molecule has 0 aromatic heterocycles. The Labute approximate surface area is 131 Å². The van der Waals surface area contributed by atoms with Gasteiger partial charge in [-0.25, -0.2) is 4.39 Å². The molecule has 6 heteroatoms. The highest BCUT2D eigenvalue weighted by Gasteiger charge is 2.33. The van der Waals surface area contributed by atoms with Crippen molar-refractivity contribution >= 4 is 0 Å². The third kappa shape index (κ3) is 2.06. The summed E-state index contributed by atoms with van der Waals surface area (Å²) in [5.74, 6) is 0.890. The Balaban J connectivity index is 1.92. The minimum Gasteiger partial charge on any atom is -0.454 e. The molecule has 2 aromatic carbocycles. The van der Waals surface area contributed by atoms with Crippen LogP contribution in [0, 0.1) is 17.1 Å². The highest BCUT2D eigenvalue weighted by atomic mass is 19.1. The summed E-state index contributed by atoms with van der Waals surface area (Å²) >= 11 is 0. The molecule has 0 amide bonds. The Bertz CT molecular complexity index is 869. The maximum atomic E-state index is 13.2. The summed E-state index contributed by atoms with van der Waals surface area (Å²) in [4.78, 5) is 0. The smallest absolute Gasteiger partial charge is 0.231 e. The van der Waals surface area contributed by atoms with E-state index in [-0.39, 0.29) is 24.1 Å². The number of nitrogens with two attached hydrogens (primary N) is 1. The molecule has 0 fully saturated rings. The number of hydrogen-bond acceptors (Lipinski definition) is 5. The SMILES string of the molecule is N#CC1=C(N)Oc2cc3c(cc2C1c1ccc(F)cc1)OCO3. The van der Waals surface area contributed by atoms with Gasteiger partial charge < -0.3 is 19.9 Å². The van der Waals surface area contributed by atoms with Crippen molar-refractivity contribution < 1.29 is 18.6 Å². The zero-order valence-electron chi connectivity index (χ0n) is 11.9. The molecule has 1 unspecified atom stereocenters. The van der Waals surface area contributed by atoms with Crippen LogP contribution in [0.2, 0.25) is 0 Å². The summed E-state index contributed by atoms with van der Waals surface area (Å²) in [6.07, 6.45) is 0. The highest BCUT2D eigenvalue weighted by Crippen LogP contribution is 2.47. The van der Waals surface area contributed by atoms with E-state index in [1.54, 1.807) is 24.3 Å². The van der Waals surface area contributed by atoms with Crippen LogP contribution >= 0.6 is 0 Å². The molecule has 2 aliphatic rings. The number of allylic oxidation sites excluding steroid dienone is 1. The minimum atomic E-state index is -0.446. The Morgan fingerprint density at radius 3 is 2.48 bits per heavy atom. The van der Waals surface area contributed by atoms with Gasteiger partial charge in [0.05, 0.1) is 5.92 Å². The normalized spacial score (nSPS) is 18.2. The molecule has 4 rings (SSSR count). The van der Waals surface area contributed by atoms with E-state index in [1.165, 1.54) is 12.1 Å². The number of fused-ring (bicyclic) bond motifs is 2. The van der Waals surface area contributed by atoms with E-state index in [0.29, 0.717) is 17.2 Å². The van der Waals surface area contributed by atoms with Gasteiger partial charge in [-0.05, 0) is 23.8 Å². The lowest BCUT2D eigenvalue weighted by atomic mass is 9.83. The minimum absolute atomic E-state index is 0.0354. The topological polar surface area (TPSA) is 77.5 Å². The maximum Gasteiger partial charge on any atom is 0.231 e. The van der Waals surface area contributed by atoms with Gasteiger partial charge in [0.1, 0.15) is 23.2 Å². The lowest BCUT2D eigenvalue weighted by Gasteiger charge is -2.26. The van der Waals surface area contributed by atoms with Crippen molar-refractivity contribution in [3.05, 3.63) is 64.8 Å². The fourth-order valence-corrected chi connectivity index (χ4v) is 2.85. The van der Waals surface area contributed by atoms with E-state index in [9.17, 15) is 9.65 Å². The van der Waals surface area contributed by atoms with E-state index >= 15 is 0 Å². The Morgan fingerprint density at radius 2 is 1.78 bits per heavy atom. The Morgan fingerprint density at radius 1 is 1.09 bits per heavy atom. The molecule has 0 saturated carbocycles. The molecule has 0 bridgehead atoms. The number of halogens is 1.